The molecule has 5 rings (SSSR count). The lowest BCUT2D eigenvalue weighted by molar-refractivity contribution is -0.125. The van der Waals surface area contributed by atoms with Gasteiger partial charge in [0, 0.05) is 34.1 Å². The molecule has 2 aliphatic heterocycles. The Balaban J connectivity index is 0.00000141. The van der Waals surface area contributed by atoms with Gasteiger partial charge in [-0.05, 0) is 74.2 Å². The van der Waals surface area contributed by atoms with Crippen molar-refractivity contribution >= 4 is 17.9 Å². The summed E-state index contributed by atoms with van der Waals surface area (Å²) in [5, 5.41) is 0. The van der Waals surface area contributed by atoms with Crippen LogP contribution in [0, 0.1) is 19.7 Å². The molecule has 35 heavy (non-hydrogen) atoms. The van der Waals surface area contributed by atoms with Crippen LogP contribution in [-0.2, 0) is 4.79 Å². The Labute approximate surface area is 201 Å². The monoisotopic (exact) mass is 481 g/mol. The van der Waals surface area contributed by atoms with Crippen molar-refractivity contribution < 1.29 is 18.3 Å². The molecule has 182 valence electrons. The standard InChI is InChI=1S/C26H26FN5O.F2/c1-4-30-12-11-24(20-6-8-21(27)9-7-20)32-25(33)22(29-26(30)32)14-19-5-10-23(17(2)13-19)31-15-18(3)28-16-31;1-2/h5-10,13-16,24H,4,11-12H2,1-3H3;/b22-14-;/t24-;/m0./s1. The molecule has 0 radical (unpaired) electrons. The summed E-state index contributed by atoms with van der Waals surface area (Å²) in [6, 6.07) is 12.3. The van der Waals surface area contributed by atoms with E-state index in [1.807, 2.05) is 42.8 Å². The number of amides is 1. The van der Waals surface area contributed by atoms with Crippen molar-refractivity contribution in [1.82, 2.24) is 19.4 Å². The van der Waals surface area contributed by atoms with Crippen molar-refractivity contribution in [2.24, 2.45) is 4.99 Å². The molecule has 3 aromatic rings. The number of fused-ring (bicyclic) bond motifs is 1. The third kappa shape index (κ3) is 4.71. The predicted octanol–water partition coefficient (Wildman–Crippen LogP) is 5.47. The Morgan fingerprint density at radius 3 is 2.49 bits per heavy atom. The topological polar surface area (TPSA) is 53.7 Å². The number of aliphatic imine (C=N–C) groups is 1. The molecule has 0 saturated carbocycles. The number of rotatable bonds is 4. The average Bonchev–Trinajstić information content (AvgIpc) is 3.44. The summed E-state index contributed by atoms with van der Waals surface area (Å²) in [5.74, 6) is 0.276. The van der Waals surface area contributed by atoms with Crippen LogP contribution in [0.4, 0.5) is 13.5 Å². The molecule has 9 heteroatoms. The number of halogens is 3. The summed E-state index contributed by atoms with van der Waals surface area (Å²) in [5.41, 5.74) is 5.35. The van der Waals surface area contributed by atoms with Crippen LogP contribution in [0.1, 0.15) is 41.8 Å². The first kappa shape index (κ1) is 24.3. The number of hydrogen-bond donors (Lipinski definition) is 0. The summed E-state index contributed by atoms with van der Waals surface area (Å²) < 4.78 is 31.5. The highest BCUT2D eigenvalue weighted by Crippen LogP contribution is 2.35. The molecule has 6 nitrogen and oxygen atoms in total. The molecule has 2 aromatic carbocycles. The van der Waals surface area contributed by atoms with Gasteiger partial charge in [0.15, 0.2) is 0 Å². The normalized spacial score (nSPS) is 18.3. The lowest BCUT2D eigenvalue weighted by Crippen LogP contribution is -2.51. The molecule has 0 spiro atoms. The van der Waals surface area contributed by atoms with E-state index in [2.05, 4.69) is 22.9 Å². The van der Waals surface area contributed by atoms with Gasteiger partial charge < -0.3 is 9.47 Å². The maximum Gasteiger partial charge on any atom is 0.279 e. The zero-order valence-electron chi connectivity index (χ0n) is 19.8. The van der Waals surface area contributed by atoms with Crippen molar-refractivity contribution in [3.05, 3.63) is 88.9 Å². The Bertz CT molecular complexity index is 1280. The zero-order valence-corrected chi connectivity index (χ0v) is 19.8. The fourth-order valence-electron chi connectivity index (χ4n) is 4.60. The number of guanidine groups is 1. The fourth-order valence-corrected chi connectivity index (χ4v) is 4.60. The number of aromatic nitrogens is 2. The average molecular weight is 482 g/mol. The largest absolute Gasteiger partial charge is 0.342 e. The first-order valence-corrected chi connectivity index (χ1v) is 11.3. The highest BCUT2D eigenvalue weighted by molar-refractivity contribution is 6.14. The lowest BCUT2D eigenvalue weighted by Gasteiger charge is -2.40. The van der Waals surface area contributed by atoms with Crippen molar-refractivity contribution in [3.63, 3.8) is 0 Å². The van der Waals surface area contributed by atoms with E-state index in [-0.39, 0.29) is 17.8 Å². The molecule has 1 atom stereocenters. The molecule has 0 bridgehead atoms. The van der Waals surface area contributed by atoms with Crippen LogP contribution in [-0.4, -0.2) is 44.3 Å². The van der Waals surface area contributed by atoms with E-state index in [4.69, 9.17) is 14.1 Å². The Hall–Kier alpha value is -3.88. The summed E-state index contributed by atoms with van der Waals surface area (Å²) in [7, 11) is 0. The predicted molar refractivity (Wildman–Crippen MR) is 129 cm³/mol. The van der Waals surface area contributed by atoms with Crippen LogP contribution in [0.2, 0.25) is 0 Å². The second kappa shape index (κ2) is 10.2. The number of nitrogens with zero attached hydrogens (tertiary/aromatic N) is 5. The van der Waals surface area contributed by atoms with E-state index >= 15 is 0 Å². The maximum atomic E-state index is 13.5. The lowest BCUT2D eigenvalue weighted by atomic mass is 9.99. The molecule has 1 amide bonds. The van der Waals surface area contributed by atoms with E-state index in [0.717, 1.165) is 47.6 Å². The molecule has 1 aromatic heterocycles. The van der Waals surface area contributed by atoms with Gasteiger partial charge >= 0.3 is 0 Å². The maximum absolute atomic E-state index is 13.5. The smallest absolute Gasteiger partial charge is 0.279 e. The quantitative estimate of drug-likeness (QED) is 0.464. The van der Waals surface area contributed by atoms with E-state index in [0.29, 0.717) is 11.7 Å². The third-order valence-electron chi connectivity index (χ3n) is 6.29. The molecule has 3 heterocycles. The first-order valence-electron chi connectivity index (χ1n) is 11.3. The van der Waals surface area contributed by atoms with Gasteiger partial charge in [-0.1, -0.05) is 18.2 Å². The Kier molecular flexibility index (Phi) is 7.04. The minimum absolute atomic E-state index is 0.121. The molecule has 1 saturated heterocycles. The number of benzene rings is 2. The van der Waals surface area contributed by atoms with Gasteiger partial charge in [0.1, 0.15) is 11.5 Å². The molecular formula is C26H26F3N5O. The van der Waals surface area contributed by atoms with Crippen LogP contribution in [0.3, 0.4) is 0 Å². The van der Waals surface area contributed by atoms with Crippen molar-refractivity contribution in [3.8, 4) is 5.69 Å². The van der Waals surface area contributed by atoms with E-state index < -0.39 is 0 Å². The van der Waals surface area contributed by atoms with Gasteiger partial charge in [0.2, 0.25) is 5.96 Å². The van der Waals surface area contributed by atoms with Crippen LogP contribution >= 0.6 is 0 Å². The van der Waals surface area contributed by atoms with E-state index in [9.17, 15) is 9.18 Å². The third-order valence-corrected chi connectivity index (χ3v) is 6.29. The second-order valence-corrected chi connectivity index (χ2v) is 8.52. The molecule has 0 N–H and O–H groups in total. The SMILES string of the molecule is CCN1CC[C@@H](c2ccc(F)cc2)N2C(=O)/C(=C/c3ccc(-n4cnc(C)c4)c(C)c3)N=C12.FF. The number of aryl methyl sites for hydroxylation is 2. The summed E-state index contributed by atoms with van der Waals surface area (Å²) in [6.45, 7) is 7.63. The number of carbonyl (C=O) groups is 1. The molecule has 0 aliphatic carbocycles. The van der Waals surface area contributed by atoms with Crippen LogP contribution in [0.25, 0.3) is 11.8 Å². The van der Waals surface area contributed by atoms with Crippen molar-refractivity contribution in [2.75, 3.05) is 13.1 Å². The van der Waals surface area contributed by atoms with Gasteiger partial charge in [0.05, 0.1) is 18.1 Å². The van der Waals surface area contributed by atoms with Crippen LogP contribution in [0.15, 0.2) is 65.7 Å². The Morgan fingerprint density at radius 1 is 1.11 bits per heavy atom. The molecule has 2 aliphatic rings. The summed E-state index contributed by atoms with van der Waals surface area (Å²) >= 11 is 0. The minimum Gasteiger partial charge on any atom is -0.342 e. The summed E-state index contributed by atoms with van der Waals surface area (Å²) in [6.07, 6.45) is 6.41. The number of imidazole rings is 1. The Morgan fingerprint density at radius 2 is 1.86 bits per heavy atom. The van der Waals surface area contributed by atoms with Crippen LogP contribution in [0.5, 0.6) is 0 Å². The van der Waals surface area contributed by atoms with Gasteiger partial charge in [-0.3, -0.25) is 9.69 Å². The van der Waals surface area contributed by atoms with Gasteiger partial charge in [-0.25, -0.2) is 14.4 Å². The fraction of sp³-hybridized carbons (Fsp3) is 0.269. The highest BCUT2D eigenvalue weighted by Gasteiger charge is 2.41. The van der Waals surface area contributed by atoms with Crippen molar-refractivity contribution in [2.45, 2.75) is 33.2 Å². The first-order chi connectivity index (χ1) is 16.9. The van der Waals surface area contributed by atoms with E-state index in [1.54, 1.807) is 23.4 Å². The number of hydrogen-bond acceptors (Lipinski definition) is 4. The van der Waals surface area contributed by atoms with Crippen molar-refractivity contribution in [1.29, 1.82) is 0 Å². The van der Waals surface area contributed by atoms with Gasteiger partial charge in [-0.15, -0.1) is 0 Å². The number of carbonyl (C=O) groups excluding carboxylic acids is 1. The van der Waals surface area contributed by atoms with E-state index in [1.165, 1.54) is 12.1 Å². The molecular weight excluding hydrogens is 455 g/mol. The molecule has 0 unspecified atom stereocenters. The van der Waals surface area contributed by atoms with Gasteiger partial charge in [0.25, 0.3) is 5.91 Å². The second-order valence-electron chi connectivity index (χ2n) is 8.52. The summed E-state index contributed by atoms with van der Waals surface area (Å²) in [4.78, 5) is 26.4. The zero-order chi connectivity index (χ0) is 25.1. The molecule has 1 fully saturated rings. The minimum atomic E-state index is -0.281. The highest BCUT2D eigenvalue weighted by atomic mass is 20.0. The van der Waals surface area contributed by atoms with Gasteiger partial charge in [-0.2, -0.15) is 0 Å². The van der Waals surface area contributed by atoms with Crippen LogP contribution < -0.4 is 0 Å².